The van der Waals surface area contributed by atoms with Crippen molar-refractivity contribution in [2.45, 2.75) is 26.5 Å². The Morgan fingerprint density at radius 1 is 1.17 bits per heavy atom. The van der Waals surface area contributed by atoms with E-state index in [1.807, 2.05) is 32.0 Å². The predicted molar refractivity (Wildman–Crippen MR) is 98.2 cm³/mol. The summed E-state index contributed by atoms with van der Waals surface area (Å²) in [7, 11) is 1.61. The molecule has 128 valence electrons. The third kappa shape index (κ3) is 5.38. The van der Waals surface area contributed by atoms with Crippen LogP contribution in [0.15, 0.2) is 42.5 Å². The second-order valence-electron chi connectivity index (χ2n) is 5.47. The van der Waals surface area contributed by atoms with Gasteiger partial charge in [-0.2, -0.15) is 0 Å². The Morgan fingerprint density at radius 2 is 1.96 bits per heavy atom. The molecule has 0 fully saturated rings. The number of nitrogens with one attached hydrogen (secondary N) is 2. The number of methoxy groups -OCH3 is 1. The van der Waals surface area contributed by atoms with Crippen LogP contribution < -0.4 is 20.1 Å². The van der Waals surface area contributed by atoms with E-state index < -0.39 is 0 Å². The number of halogens is 1. The molecule has 0 atom stereocenters. The smallest absolute Gasteiger partial charge is 0.171 e. The van der Waals surface area contributed by atoms with Crippen LogP contribution in [0.5, 0.6) is 11.5 Å². The Hall–Kier alpha value is -2.34. The summed E-state index contributed by atoms with van der Waals surface area (Å²) in [5.74, 6) is 1.07. The molecule has 0 radical (unpaired) electrons. The molecule has 0 aliphatic carbocycles. The van der Waals surface area contributed by atoms with Crippen molar-refractivity contribution in [1.82, 2.24) is 5.32 Å². The number of rotatable bonds is 6. The minimum atomic E-state index is -0.312. The number of anilines is 1. The highest BCUT2D eigenvalue weighted by Gasteiger charge is 2.08. The van der Waals surface area contributed by atoms with E-state index in [0.29, 0.717) is 28.8 Å². The molecule has 0 amide bonds. The predicted octanol–water partition coefficient (Wildman–Crippen LogP) is 4.11. The molecule has 24 heavy (non-hydrogen) atoms. The quantitative estimate of drug-likeness (QED) is 0.769. The van der Waals surface area contributed by atoms with E-state index in [1.54, 1.807) is 19.2 Å². The second-order valence-corrected chi connectivity index (χ2v) is 5.88. The first-order valence-corrected chi connectivity index (χ1v) is 8.02. The van der Waals surface area contributed by atoms with Gasteiger partial charge in [0.1, 0.15) is 5.82 Å². The SMILES string of the molecule is COc1cc(CNC(=S)Nc2cccc(F)c2)ccc1OC(C)C. The number of hydrogen-bond donors (Lipinski definition) is 2. The maximum atomic E-state index is 13.2. The first-order valence-electron chi connectivity index (χ1n) is 7.62. The zero-order valence-corrected chi connectivity index (χ0v) is 14.7. The van der Waals surface area contributed by atoms with E-state index in [2.05, 4.69) is 10.6 Å². The molecule has 2 aromatic rings. The fourth-order valence-electron chi connectivity index (χ4n) is 2.10. The summed E-state index contributed by atoms with van der Waals surface area (Å²) >= 11 is 5.22. The fourth-order valence-corrected chi connectivity index (χ4v) is 2.29. The monoisotopic (exact) mass is 348 g/mol. The van der Waals surface area contributed by atoms with Gasteiger partial charge in [0, 0.05) is 12.2 Å². The highest BCUT2D eigenvalue weighted by molar-refractivity contribution is 7.80. The largest absolute Gasteiger partial charge is 0.493 e. The molecule has 0 aliphatic heterocycles. The van der Waals surface area contributed by atoms with Crippen molar-refractivity contribution >= 4 is 23.0 Å². The summed E-state index contributed by atoms with van der Waals surface area (Å²) in [4.78, 5) is 0. The third-order valence-corrected chi connectivity index (χ3v) is 3.37. The van der Waals surface area contributed by atoms with Gasteiger partial charge in [-0.3, -0.25) is 0 Å². The topological polar surface area (TPSA) is 42.5 Å². The van der Waals surface area contributed by atoms with Crippen LogP contribution in [0.3, 0.4) is 0 Å². The van der Waals surface area contributed by atoms with Crippen molar-refractivity contribution in [3.8, 4) is 11.5 Å². The Kier molecular flexibility index (Phi) is 6.37. The van der Waals surface area contributed by atoms with Crippen LogP contribution in [-0.2, 0) is 6.54 Å². The molecule has 0 spiro atoms. The summed E-state index contributed by atoms with van der Waals surface area (Å²) in [6.45, 7) is 4.44. The normalized spacial score (nSPS) is 10.4. The van der Waals surface area contributed by atoms with Gasteiger partial charge >= 0.3 is 0 Å². The zero-order chi connectivity index (χ0) is 17.5. The van der Waals surface area contributed by atoms with Crippen molar-refractivity contribution in [3.05, 3.63) is 53.8 Å². The molecule has 0 bridgehead atoms. The van der Waals surface area contributed by atoms with Crippen LogP contribution in [0.4, 0.5) is 10.1 Å². The summed E-state index contributed by atoms with van der Waals surface area (Å²) in [6, 6.07) is 11.9. The molecule has 2 aromatic carbocycles. The Bertz CT molecular complexity index is 707. The molecular formula is C18H21FN2O2S. The summed E-state index contributed by atoms with van der Waals surface area (Å²) in [5, 5.41) is 6.44. The van der Waals surface area contributed by atoms with Crippen molar-refractivity contribution in [2.75, 3.05) is 12.4 Å². The minimum absolute atomic E-state index is 0.0749. The van der Waals surface area contributed by atoms with Gasteiger partial charge in [-0.15, -0.1) is 0 Å². The van der Waals surface area contributed by atoms with E-state index in [9.17, 15) is 4.39 Å². The van der Waals surface area contributed by atoms with Crippen LogP contribution in [-0.4, -0.2) is 18.3 Å². The summed E-state index contributed by atoms with van der Waals surface area (Å²) in [6.07, 6.45) is 0.0749. The number of thiocarbonyl (C=S) groups is 1. The molecule has 0 heterocycles. The average Bonchev–Trinajstić information content (AvgIpc) is 2.53. The van der Waals surface area contributed by atoms with Gasteiger partial charge in [0.2, 0.25) is 0 Å². The molecule has 0 aromatic heterocycles. The second kappa shape index (κ2) is 8.49. The Balaban J connectivity index is 1.94. The van der Waals surface area contributed by atoms with Gasteiger partial charge < -0.3 is 20.1 Å². The fraction of sp³-hybridized carbons (Fsp3) is 0.278. The molecule has 2 rings (SSSR count). The van der Waals surface area contributed by atoms with E-state index in [4.69, 9.17) is 21.7 Å². The molecule has 6 heteroatoms. The Labute approximate surface area is 147 Å². The van der Waals surface area contributed by atoms with Crippen molar-refractivity contribution < 1.29 is 13.9 Å². The molecule has 4 nitrogen and oxygen atoms in total. The maximum Gasteiger partial charge on any atom is 0.171 e. The van der Waals surface area contributed by atoms with Gasteiger partial charge in [-0.05, 0) is 62.0 Å². The number of ether oxygens (including phenoxy) is 2. The number of hydrogen-bond acceptors (Lipinski definition) is 3. The lowest BCUT2D eigenvalue weighted by Crippen LogP contribution is -2.27. The first-order chi connectivity index (χ1) is 11.5. The van der Waals surface area contributed by atoms with Crippen molar-refractivity contribution in [2.24, 2.45) is 0 Å². The molecule has 0 saturated heterocycles. The van der Waals surface area contributed by atoms with Crippen molar-refractivity contribution in [1.29, 1.82) is 0 Å². The van der Waals surface area contributed by atoms with Crippen LogP contribution in [0, 0.1) is 5.82 Å². The minimum Gasteiger partial charge on any atom is -0.493 e. The highest BCUT2D eigenvalue weighted by atomic mass is 32.1. The zero-order valence-electron chi connectivity index (χ0n) is 13.9. The Morgan fingerprint density at radius 3 is 2.62 bits per heavy atom. The summed E-state index contributed by atoms with van der Waals surface area (Å²) < 4.78 is 24.2. The van der Waals surface area contributed by atoms with Crippen LogP contribution in [0.1, 0.15) is 19.4 Å². The van der Waals surface area contributed by atoms with Crippen LogP contribution in [0.2, 0.25) is 0 Å². The van der Waals surface area contributed by atoms with E-state index in [0.717, 1.165) is 5.56 Å². The lowest BCUT2D eigenvalue weighted by Gasteiger charge is -2.15. The lowest BCUT2D eigenvalue weighted by atomic mass is 10.2. The van der Waals surface area contributed by atoms with Gasteiger partial charge in [-0.1, -0.05) is 12.1 Å². The molecule has 0 aliphatic rings. The maximum absolute atomic E-state index is 13.2. The summed E-state index contributed by atoms with van der Waals surface area (Å²) in [5.41, 5.74) is 1.59. The molecular weight excluding hydrogens is 327 g/mol. The van der Waals surface area contributed by atoms with Gasteiger partial charge in [0.25, 0.3) is 0 Å². The molecule has 0 saturated carbocycles. The van der Waals surface area contributed by atoms with Gasteiger partial charge in [0.15, 0.2) is 16.6 Å². The van der Waals surface area contributed by atoms with E-state index >= 15 is 0 Å². The van der Waals surface area contributed by atoms with Crippen molar-refractivity contribution in [3.63, 3.8) is 0 Å². The van der Waals surface area contributed by atoms with Gasteiger partial charge in [-0.25, -0.2) is 4.39 Å². The molecule has 0 unspecified atom stereocenters. The van der Waals surface area contributed by atoms with E-state index in [1.165, 1.54) is 12.1 Å². The first kappa shape index (κ1) is 18.0. The van der Waals surface area contributed by atoms with Crippen LogP contribution >= 0.6 is 12.2 Å². The average molecular weight is 348 g/mol. The lowest BCUT2D eigenvalue weighted by molar-refractivity contribution is 0.230. The van der Waals surface area contributed by atoms with Crippen LogP contribution in [0.25, 0.3) is 0 Å². The van der Waals surface area contributed by atoms with E-state index in [-0.39, 0.29) is 11.9 Å². The highest BCUT2D eigenvalue weighted by Crippen LogP contribution is 2.28. The third-order valence-electron chi connectivity index (χ3n) is 3.13. The number of benzene rings is 2. The van der Waals surface area contributed by atoms with Gasteiger partial charge in [0.05, 0.1) is 13.2 Å². The molecule has 2 N–H and O–H groups in total. The standard InChI is InChI=1S/C18H21FN2O2S/c1-12(2)23-16-8-7-13(9-17(16)22-3)11-20-18(24)21-15-6-4-5-14(19)10-15/h4-10,12H,11H2,1-3H3,(H2,20,21,24).